The second kappa shape index (κ2) is 12.2. The van der Waals surface area contributed by atoms with Gasteiger partial charge in [-0.25, -0.2) is 4.79 Å². The number of nitrogens with zero attached hydrogens (tertiary/aromatic N) is 1. The molecule has 9 N–H and O–H groups in total. The maximum atomic E-state index is 12.4. The predicted octanol–water partition coefficient (Wildman–Crippen LogP) is 0.728. The number of nitrogens with two attached hydrogens (primary N) is 2. The van der Waals surface area contributed by atoms with Crippen molar-refractivity contribution in [2.45, 2.75) is 51.1 Å². The lowest BCUT2D eigenvalue weighted by Crippen LogP contribution is -2.42. The fraction of sp³-hybridized carbons (Fsp3) is 0.440. The number of aromatic nitrogens is 1. The number of aromatic amines is 1. The molecular weight excluding hydrogens is 462 g/mol. The Labute approximate surface area is 209 Å². The Kier molecular flexibility index (Phi) is 9.07. The third kappa shape index (κ3) is 7.08. The van der Waals surface area contributed by atoms with E-state index >= 15 is 0 Å². The Morgan fingerprint density at radius 1 is 1.22 bits per heavy atom. The van der Waals surface area contributed by atoms with Crippen LogP contribution in [0.1, 0.15) is 36.9 Å². The molecule has 1 aliphatic rings. The van der Waals surface area contributed by atoms with Crippen LogP contribution in [0.15, 0.2) is 35.9 Å². The highest BCUT2D eigenvalue weighted by atomic mass is 16.4. The molecule has 2 heterocycles. The number of aliphatic carboxylic acids is 1. The quantitative estimate of drug-likeness (QED) is 0.0972. The van der Waals surface area contributed by atoms with Crippen molar-refractivity contribution in [3.8, 4) is 0 Å². The molecule has 2 unspecified atom stereocenters. The molecule has 0 saturated carbocycles. The van der Waals surface area contributed by atoms with Crippen molar-refractivity contribution in [3.05, 3.63) is 47.2 Å². The normalized spacial score (nSPS) is 14.8. The SMILES string of the molecule is Cc1c(CC(NC(=O)CCCCNC(=O)C(N)CC2=CCN(C(=N)N)C2)C(=O)O)[nH]c2ccccc12. The minimum absolute atomic E-state index is 0.00837. The van der Waals surface area contributed by atoms with Crippen LogP contribution in [0, 0.1) is 12.3 Å². The number of fused-ring (bicyclic) bond motifs is 1. The van der Waals surface area contributed by atoms with Gasteiger partial charge in [0, 0.05) is 49.1 Å². The number of unbranched alkanes of at least 4 members (excludes halogenated alkanes) is 1. The molecule has 0 fully saturated rings. The summed E-state index contributed by atoms with van der Waals surface area (Å²) in [5, 5.41) is 23.5. The molecule has 0 bridgehead atoms. The fourth-order valence-corrected chi connectivity index (χ4v) is 4.29. The molecule has 11 nitrogen and oxygen atoms in total. The summed E-state index contributed by atoms with van der Waals surface area (Å²) in [4.78, 5) is 41.3. The van der Waals surface area contributed by atoms with Gasteiger partial charge in [-0.15, -0.1) is 0 Å². The van der Waals surface area contributed by atoms with E-state index in [-0.39, 0.29) is 30.6 Å². The van der Waals surface area contributed by atoms with Gasteiger partial charge in [0.1, 0.15) is 6.04 Å². The van der Waals surface area contributed by atoms with Gasteiger partial charge >= 0.3 is 5.97 Å². The average Bonchev–Trinajstić information content (AvgIpc) is 3.43. The summed E-state index contributed by atoms with van der Waals surface area (Å²) in [5.74, 6) is -1.72. The third-order valence-electron chi connectivity index (χ3n) is 6.39. The Hall–Kier alpha value is -3.86. The van der Waals surface area contributed by atoms with Crippen molar-refractivity contribution in [1.82, 2.24) is 20.5 Å². The summed E-state index contributed by atoms with van der Waals surface area (Å²) in [6.45, 7) is 3.35. The summed E-state index contributed by atoms with van der Waals surface area (Å²) in [5.41, 5.74) is 15.1. The molecule has 0 aliphatic carbocycles. The fourth-order valence-electron chi connectivity index (χ4n) is 4.29. The zero-order chi connectivity index (χ0) is 26.2. The number of aryl methyl sites for hydroxylation is 1. The number of rotatable bonds is 12. The molecule has 3 rings (SSSR count). The number of H-pyrrole nitrogens is 1. The number of nitrogens with one attached hydrogen (secondary N) is 4. The Morgan fingerprint density at radius 3 is 2.64 bits per heavy atom. The number of hydrogen-bond donors (Lipinski definition) is 7. The minimum Gasteiger partial charge on any atom is -0.480 e. The average molecular weight is 498 g/mol. The summed E-state index contributed by atoms with van der Waals surface area (Å²) in [7, 11) is 0. The van der Waals surface area contributed by atoms with Crippen molar-refractivity contribution < 1.29 is 19.5 Å². The second-order valence-electron chi connectivity index (χ2n) is 9.12. The summed E-state index contributed by atoms with van der Waals surface area (Å²) < 4.78 is 0. The maximum absolute atomic E-state index is 12.4. The number of carbonyl (C=O) groups is 3. The highest BCUT2D eigenvalue weighted by Crippen LogP contribution is 2.22. The van der Waals surface area contributed by atoms with Crippen LogP contribution in [0.5, 0.6) is 0 Å². The lowest BCUT2D eigenvalue weighted by atomic mass is 10.1. The first-order valence-electron chi connectivity index (χ1n) is 12.0. The number of benzene rings is 1. The van der Waals surface area contributed by atoms with Crippen LogP contribution >= 0.6 is 0 Å². The molecule has 2 aromatic rings. The predicted molar refractivity (Wildman–Crippen MR) is 137 cm³/mol. The van der Waals surface area contributed by atoms with Gasteiger partial charge in [-0.3, -0.25) is 15.0 Å². The van der Waals surface area contributed by atoms with Gasteiger partial charge in [-0.05, 0) is 37.8 Å². The molecule has 11 heteroatoms. The molecule has 1 aromatic carbocycles. The molecular formula is C25H35N7O4. The highest BCUT2D eigenvalue weighted by Gasteiger charge is 2.23. The van der Waals surface area contributed by atoms with Crippen LogP contribution in [0.2, 0.25) is 0 Å². The van der Waals surface area contributed by atoms with E-state index in [0.29, 0.717) is 38.9 Å². The minimum atomic E-state index is -1.09. The number of guanidine groups is 1. The molecule has 0 radical (unpaired) electrons. The van der Waals surface area contributed by atoms with Gasteiger partial charge < -0.3 is 37.1 Å². The van der Waals surface area contributed by atoms with Crippen LogP contribution in [-0.2, 0) is 20.8 Å². The van der Waals surface area contributed by atoms with Gasteiger partial charge in [0.15, 0.2) is 5.96 Å². The van der Waals surface area contributed by atoms with Crippen molar-refractivity contribution in [1.29, 1.82) is 5.41 Å². The first-order chi connectivity index (χ1) is 17.2. The Bertz CT molecular complexity index is 1160. The van der Waals surface area contributed by atoms with Gasteiger partial charge in [0.05, 0.1) is 6.04 Å². The number of carboxylic acids is 1. The second-order valence-corrected chi connectivity index (χ2v) is 9.12. The van der Waals surface area contributed by atoms with Gasteiger partial charge in [0.2, 0.25) is 11.8 Å². The van der Waals surface area contributed by atoms with Crippen molar-refractivity contribution >= 4 is 34.6 Å². The van der Waals surface area contributed by atoms with E-state index in [4.69, 9.17) is 16.9 Å². The van der Waals surface area contributed by atoms with Crippen molar-refractivity contribution in [3.63, 3.8) is 0 Å². The van der Waals surface area contributed by atoms with E-state index in [9.17, 15) is 19.5 Å². The topological polar surface area (TPSA) is 190 Å². The molecule has 194 valence electrons. The summed E-state index contributed by atoms with van der Waals surface area (Å²) in [6.07, 6.45) is 3.70. The van der Waals surface area contributed by atoms with E-state index in [1.54, 1.807) is 4.90 Å². The van der Waals surface area contributed by atoms with Crippen LogP contribution in [0.3, 0.4) is 0 Å². The van der Waals surface area contributed by atoms with Gasteiger partial charge in [-0.2, -0.15) is 0 Å². The molecule has 2 amide bonds. The van der Waals surface area contributed by atoms with E-state index in [2.05, 4.69) is 15.6 Å². The zero-order valence-corrected chi connectivity index (χ0v) is 20.5. The Balaban J connectivity index is 1.36. The lowest BCUT2D eigenvalue weighted by Gasteiger charge is -2.17. The number of carbonyl (C=O) groups excluding carboxylic acids is 2. The molecule has 36 heavy (non-hydrogen) atoms. The zero-order valence-electron chi connectivity index (χ0n) is 20.5. The van der Waals surface area contributed by atoms with Gasteiger partial charge in [0.25, 0.3) is 0 Å². The molecule has 0 saturated heterocycles. The van der Waals surface area contributed by atoms with E-state index in [1.807, 2.05) is 37.3 Å². The monoisotopic (exact) mass is 497 g/mol. The van der Waals surface area contributed by atoms with Crippen molar-refractivity contribution in [2.75, 3.05) is 19.6 Å². The smallest absolute Gasteiger partial charge is 0.326 e. The highest BCUT2D eigenvalue weighted by molar-refractivity contribution is 5.86. The summed E-state index contributed by atoms with van der Waals surface area (Å²) in [6, 6.07) is 6.00. The van der Waals surface area contributed by atoms with Gasteiger partial charge in [-0.1, -0.05) is 29.8 Å². The van der Waals surface area contributed by atoms with E-state index in [0.717, 1.165) is 27.7 Å². The number of para-hydroxylation sites is 1. The number of hydrogen-bond acceptors (Lipinski definition) is 5. The van der Waals surface area contributed by atoms with E-state index in [1.165, 1.54) is 0 Å². The van der Waals surface area contributed by atoms with Crippen LogP contribution in [-0.4, -0.2) is 70.5 Å². The molecule has 0 spiro atoms. The molecule has 1 aromatic heterocycles. The first kappa shape index (κ1) is 26.7. The van der Waals surface area contributed by atoms with Crippen molar-refractivity contribution in [2.24, 2.45) is 11.5 Å². The Morgan fingerprint density at radius 2 is 1.97 bits per heavy atom. The third-order valence-corrected chi connectivity index (χ3v) is 6.39. The standard InChI is InChI=1S/C25H35N7O4/c1-15-17-6-2-3-7-19(17)30-20(15)13-21(24(35)36)31-22(33)8-4-5-10-29-23(34)18(26)12-16-9-11-32(14-16)25(27)28/h2-3,6-7,9,18,21,30H,4-5,8,10-14,26H2,1H3,(H3,27,28)(H,29,34)(H,31,33)(H,35,36). The number of amides is 2. The van der Waals surface area contributed by atoms with E-state index < -0.39 is 18.1 Å². The van der Waals surface area contributed by atoms with Crippen LogP contribution < -0.4 is 22.1 Å². The largest absolute Gasteiger partial charge is 0.480 e. The van der Waals surface area contributed by atoms with Crippen LogP contribution in [0.25, 0.3) is 10.9 Å². The van der Waals surface area contributed by atoms with Crippen LogP contribution in [0.4, 0.5) is 0 Å². The molecule has 2 atom stereocenters. The number of carboxylic acid groups (broad SMARTS) is 1. The maximum Gasteiger partial charge on any atom is 0.326 e. The first-order valence-corrected chi connectivity index (χ1v) is 12.0. The molecule has 1 aliphatic heterocycles. The summed E-state index contributed by atoms with van der Waals surface area (Å²) >= 11 is 0. The lowest BCUT2D eigenvalue weighted by molar-refractivity contribution is -0.141.